The highest BCUT2D eigenvalue weighted by molar-refractivity contribution is 5.58. The predicted octanol–water partition coefficient (Wildman–Crippen LogP) is 3.12. The van der Waals surface area contributed by atoms with Crippen molar-refractivity contribution in [2.24, 2.45) is 0 Å². The van der Waals surface area contributed by atoms with Crippen LogP contribution in [-0.2, 0) is 0 Å². The molecule has 0 aliphatic carbocycles. The van der Waals surface area contributed by atoms with E-state index in [-0.39, 0.29) is 11.8 Å². The Bertz CT molecular complexity index is 666. The van der Waals surface area contributed by atoms with E-state index in [1.165, 1.54) is 6.07 Å². The van der Waals surface area contributed by atoms with Crippen LogP contribution in [0.15, 0.2) is 24.3 Å². The molecule has 1 fully saturated rings. The summed E-state index contributed by atoms with van der Waals surface area (Å²) < 4.78 is 31.2. The Hall–Kier alpha value is -2.02. The predicted molar refractivity (Wildman–Crippen MR) is 82.6 cm³/mol. The first-order valence-electron chi connectivity index (χ1n) is 7.70. The molecule has 1 aromatic heterocycles. The van der Waals surface area contributed by atoms with Gasteiger partial charge in [-0.3, -0.25) is 0 Å². The second-order valence-electron chi connectivity index (χ2n) is 5.87. The average Bonchev–Trinajstić information content (AvgIpc) is 2.89. The molecule has 0 amide bonds. The van der Waals surface area contributed by atoms with Gasteiger partial charge in [0.05, 0.1) is 6.04 Å². The largest absolute Gasteiger partial charge is 0.435 e. The summed E-state index contributed by atoms with van der Waals surface area (Å²) >= 11 is 0. The quantitative estimate of drug-likeness (QED) is 0.867. The third-order valence-corrected chi connectivity index (χ3v) is 4.09. The molecule has 1 aliphatic rings. The summed E-state index contributed by atoms with van der Waals surface area (Å²) in [5.74, 6) is 1.52. The van der Waals surface area contributed by atoms with Gasteiger partial charge in [0.15, 0.2) is 5.82 Å². The summed E-state index contributed by atoms with van der Waals surface area (Å²) in [6.07, 6.45) is 2.00. The molecule has 7 heteroatoms. The Morgan fingerprint density at radius 3 is 2.70 bits per heavy atom. The minimum Gasteiger partial charge on any atom is -0.435 e. The van der Waals surface area contributed by atoms with Gasteiger partial charge in [0.1, 0.15) is 11.6 Å². The molecular formula is C16H20F2N4O. The van der Waals surface area contributed by atoms with Gasteiger partial charge < -0.3 is 9.64 Å². The molecule has 0 bridgehead atoms. The summed E-state index contributed by atoms with van der Waals surface area (Å²) in [6, 6.07) is 6.91. The van der Waals surface area contributed by atoms with Crippen molar-refractivity contribution >= 4 is 0 Å². The normalized spacial score (nSPS) is 16.9. The highest BCUT2D eigenvalue weighted by atomic mass is 19.3. The van der Waals surface area contributed by atoms with E-state index in [2.05, 4.69) is 26.8 Å². The molecule has 2 heterocycles. The van der Waals surface area contributed by atoms with Gasteiger partial charge in [-0.2, -0.15) is 13.9 Å². The Kier molecular flexibility index (Phi) is 4.56. The van der Waals surface area contributed by atoms with Crippen molar-refractivity contribution in [3.8, 4) is 17.1 Å². The molecule has 1 saturated heterocycles. The Morgan fingerprint density at radius 1 is 1.26 bits per heavy atom. The van der Waals surface area contributed by atoms with E-state index in [0.29, 0.717) is 11.6 Å². The maximum Gasteiger partial charge on any atom is 0.387 e. The third-order valence-electron chi connectivity index (χ3n) is 4.09. The number of nitrogens with zero attached hydrogens (tertiary/aromatic N) is 4. The molecule has 124 valence electrons. The summed E-state index contributed by atoms with van der Waals surface area (Å²) in [4.78, 5) is 6.78. The summed E-state index contributed by atoms with van der Waals surface area (Å²) in [7, 11) is 2.11. The van der Waals surface area contributed by atoms with Crippen LogP contribution in [0.2, 0.25) is 0 Å². The van der Waals surface area contributed by atoms with Crippen molar-refractivity contribution in [1.29, 1.82) is 0 Å². The van der Waals surface area contributed by atoms with Crippen LogP contribution in [0.5, 0.6) is 5.75 Å². The molecule has 0 spiro atoms. The van der Waals surface area contributed by atoms with Crippen LogP contribution in [0, 0.1) is 6.92 Å². The zero-order valence-corrected chi connectivity index (χ0v) is 13.2. The van der Waals surface area contributed by atoms with Crippen LogP contribution >= 0.6 is 0 Å². The first kappa shape index (κ1) is 15.9. The second kappa shape index (κ2) is 6.62. The fourth-order valence-corrected chi connectivity index (χ4v) is 2.93. The minimum absolute atomic E-state index is 0.132. The zero-order chi connectivity index (χ0) is 16.4. The number of alkyl halides is 2. The average molecular weight is 322 g/mol. The Balaban J connectivity index is 1.91. The second-order valence-corrected chi connectivity index (χ2v) is 5.87. The third kappa shape index (κ3) is 3.67. The fraction of sp³-hybridized carbons (Fsp3) is 0.500. The number of hydrogen-bond donors (Lipinski definition) is 0. The van der Waals surface area contributed by atoms with Crippen molar-refractivity contribution < 1.29 is 13.5 Å². The number of ether oxygens (including phenoxy) is 1. The van der Waals surface area contributed by atoms with Crippen LogP contribution in [-0.4, -0.2) is 46.4 Å². The molecule has 0 saturated carbocycles. The number of hydrogen-bond acceptors (Lipinski definition) is 4. The zero-order valence-electron chi connectivity index (χ0n) is 13.2. The van der Waals surface area contributed by atoms with Crippen molar-refractivity contribution in [3.05, 3.63) is 30.1 Å². The minimum atomic E-state index is -2.83. The van der Waals surface area contributed by atoms with Gasteiger partial charge >= 0.3 is 6.61 Å². The molecule has 23 heavy (non-hydrogen) atoms. The number of piperidine rings is 1. The Labute approximate surface area is 133 Å². The Morgan fingerprint density at radius 2 is 2.00 bits per heavy atom. The van der Waals surface area contributed by atoms with Crippen LogP contribution in [0.25, 0.3) is 11.4 Å². The van der Waals surface area contributed by atoms with Gasteiger partial charge in [-0.05, 0) is 52.0 Å². The van der Waals surface area contributed by atoms with Crippen molar-refractivity contribution in [2.45, 2.75) is 32.4 Å². The van der Waals surface area contributed by atoms with E-state index in [1.807, 2.05) is 17.7 Å². The first-order chi connectivity index (χ1) is 11.0. The van der Waals surface area contributed by atoms with E-state index in [0.717, 1.165) is 31.5 Å². The molecule has 2 aromatic rings. The highest BCUT2D eigenvalue weighted by Gasteiger charge is 2.23. The first-order valence-corrected chi connectivity index (χ1v) is 7.70. The summed E-state index contributed by atoms with van der Waals surface area (Å²) in [5, 5.41) is 4.52. The van der Waals surface area contributed by atoms with Crippen molar-refractivity contribution in [2.75, 3.05) is 20.1 Å². The van der Waals surface area contributed by atoms with Gasteiger partial charge in [0, 0.05) is 5.56 Å². The lowest BCUT2D eigenvalue weighted by atomic mass is 10.1. The number of halogens is 2. The van der Waals surface area contributed by atoms with Crippen LogP contribution in [0.3, 0.4) is 0 Å². The maximum atomic E-state index is 12.4. The van der Waals surface area contributed by atoms with E-state index >= 15 is 0 Å². The summed E-state index contributed by atoms with van der Waals surface area (Å²) in [6.45, 7) is 1.03. The fourth-order valence-electron chi connectivity index (χ4n) is 2.93. The van der Waals surface area contributed by atoms with Crippen molar-refractivity contribution in [1.82, 2.24) is 19.7 Å². The van der Waals surface area contributed by atoms with Crippen LogP contribution in [0.1, 0.15) is 24.7 Å². The number of likely N-dealkylation sites (tertiary alicyclic amines) is 1. The van der Waals surface area contributed by atoms with Crippen LogP contribution < -0.4 is 4.74 Å². The van der Waals surface area contributed by atoms with Crippen LogP contribution in [0.4, 0.5) is 8.78 Å². The molecule has 1 aliphatic heterocycles. The monoisotopic (exact) mass is 322 g/mol. The van der Waals surface area contributed by atoms with Gasteiger partial charge in [-0.1, -0.05) is 12.1 Å². The molecular weight excluding hydrogens is 302 g/mol. The highest BCUT2D eigenvalue weighted by Crippen LogP contribution is 2.29. The summed E-state index contributed by atoms with van der Waals surface area (Å²) in [5.41, 5.74) is 0.739. The molecule has 0 radical (unpaired) electrons. The van der Waals surface area contributed by atoms with E-state index in [4.69, 9.17) is 0 Å². The molecule has 5 nitrogen and oxygen atoms in total. The smallest absolute Gasteiger partial charge is 0.387 e. The molecule has 0 atom stereocenters. The van der Waals surface area contributed by atoms with E-state index in [1.54, 1.807) is 12.1 Å². The lowest BCUT2D eigenvalue weighted by Gasteiger charge is -2.29. The number of rotatable bonds is 4. The van der Waals surface area contributed by atoms with Gasteiger partial charge in [0.25, 0.3) is 0 Å². The van der Waals surface area contributed by atoms with E-state index in [9.17, 15) is 8.78 Å². The molecule has 1 aromatic carbocycles. The SMILES string of the molecule is Cc1nc(-c2cccc(OC(F)F)c2)n(C2CCN(C)CC2)n1. The van der Waals surface area contributed by atoms with Crippen molar-refractivity contribution in [3.63, 3.8) is 0 Å². The lowest BCUT2D eigenvalue weighted by molar-refractivity contribution is -0.0498. The lowest BCUT2D eigenvalue weighted by Crippen LogP contribution is -2.32. The van der Waals surface area contributed by atoms with Gasteiger partial charge in [0.2, 0.25) is 0 Å². The maximum absolute atomic E-state index is 12.4. The van der Waals surface area contributed by atoms with Gasteiger partial charge in [-0.15, -0.1) is 0 Å². The van der Waals surface area contributed by atoms with Gasteiger partial charge in [-0.25, -0.2) is 9.67 Å². The van der Waals surface area contributed by atoms with E-state index < -0.39 is 6.61 Å². The molecule has 3 rings (SSSR count). The standard InChI is InChI=1S/C16H20F2N4O/c1-11-19-15(12-4-3-5-14(10-12)23-16(17)18)22(20-11)13-6-8-21(2)9-7-13/h3-5,10,13,16H,6-9H2,1-2H3. The number of aromatic nitrogens is 3. The molecule has 0 unspecified atom stereocenters. The number of aryl methyl sites for hydroxylation is 1. The number of benzene rings is 1. The molecule has 0 N–H and O–H groups in total. The topological polar surface area (TPSA) is 43.2 Å².